The second-order valence-electron chi connectivity index (χ2n) is 5.71. The molecule has 0 aromatic rings. The van der Waals surface area contributed by atoms with Crippen LogP contribution in [-0.4, -0.2) is 11.6 Å². The molecule has 0 radical (unpaired) electrons. The monoisotopic (exact) mass is 224 g/mol. The summed E-state index contributed by atoms with van der Waals surface area (Å²) in [6.07, 6.45) is 4.52. The van der Waals surface area contributed by atoms with E-state index in [1.807, 2.05) is 0 Å². The van der Waals surface area contributed by atoms with Crippen molar-refractivity contribution in [3.63, 3.8) is 0 Å². The molecule has 2 atom stereocenters. The van der Waals surface area contributed by atoms with Gasteiger partial charge in [-0.25, -0.2) is 0 Å². The summed E-state index contributed by atoms with van der Waals surface area (Å²) in [5.74, 6) is 1.23. The number of ketones is 2. The van der Waals surface area contributed by atoms with Gasteiger partial charge in [-0.2, -0.15) is 0 Å². The molecule has 1 unspecified atom stereocenters. The summed E-state index contributed by atoms with van der Waals surface area (Å²) >= 11 is 0. The van der Waals surface area contributed by atoms with Crippen molar-refractivity contribution in [3.8, 4) is 0 Å². The van der Waals surface area contributed by atoms with E-state index in [2.05, 4.69) is 20.8 Å². The molecule has 1 rings (SSSR count). The van der Waals surface area contributed by atoms with Crippen LogP contribution < -0.4 is 0 Å². The molecule has 0 heterocycles. The van der Waals surface area contributed by atoms with Crippen molar-refractivity contribution in [3.05, 3.63) is 0 Å². The van der Waals surface area contributed by atoms with Gasteiger partial charge in [0.25, 0.3) is 0 Å². The van der Waals surface area contributed by atoms with E-state index in [0.29, 0.717) is 18.1 Å². The van der Waals surface area contributed by atoms with E-state index >= 15 is 0 Å². The molecule has 0 amide bonds. The molecule has 2 heteroatoms. The van der Waals surface area contributed by atoms with Gasteiger partial charge in [-0.15, -0.1) is 0 Å². The molecule has 2 nitrogen and oxygen atoms in total. The number of Topliss-reactive ketones (excluding diaryl/α,β-unsaturated/α-hetero) is 2. The topological polar surface area (TPSA) is 34.1 Å². The third-order valence-corrected chi connectivity index (χ3v) is 4.23. The summed E-state index contributed by atoms with van der Waals surface area (Å²) in [5.41, 5.74) is -0.186. The molecule has 1 fully saturated rings. The molecule has 0 aromatic carbocycles. The second kappa shape index (κ2) is 5.11. The molecular formula is C14H24O2. The molecule has 0 N–H and O–H groups in total. The SMILES string of the molecule is CC[C@H]1CCC(CCC(C)=O)C(=O)C1(C)C. The number of hydrogen-bond donors (Lipinski definition) is 0. The minimum atomic E-state index is -0.186. The lowest BCUT2D eigenvalue weighted by Gasteiger charge is -2.40. The van der Waals surface area contributed by atoms with Crippen LogP contribution in [0.4, 0.5) is 0 Å². The van der Waals surface area contributed by atoms with Crippen molar-refractivity contribution in [2.75, 3.05) is 0 Å². The van der Waals surface area contributed by atoms with Gasteiger partial charge >= 0.3 is 0 Å². The van der Waals surface area contributed by atoms with Gasteiger partial charge in [-0.3, -0.25) is 4.79 Å². The average molecular weight is 224 g/mol. The van der Waals surface area contributed by atoms with E-state index in [9.17, 15) is 9.59 Å². The predicted molar refractivity (Wildman–Crippen MR) is 65.2 cm³/mol. The third kappa shape index (κ3) is 2.72. The molecule has 0 aliphatic heterocycles. The average Bonchev–Trinajstić information content (AvgIpc) is 2.20. The highest BCUT2D eigenvalue weighted by Crippen LogP contribution is 2.43. The first kappa shape index (κ1) is 13.4. The van der Waals surface area contributed by atoms with Crippen molar-refractivity contribution in [2.45, 2.75) is 59.8 Å². The normalized spacial score (nSPS) is 29.1. The van der Waals surface area contributed by atoms with Gasteiger partial charge in [-0.1, -0.05) is 27.2 Å². The van der Waals surface area contributed by atoms with Crippen LogP contribution in [0.3, 0.4) is 0 Å². The summed E-state index contributed by atoms with van der Waals surface area (Å²) in [7, 11) is 0. The Morgan fingerprint density at radius 2 is 2.00 bits per heavy atom. The smallest absolute Gasteiger partial charge is 0.141 e. The van der Waals surface area contributed by atoms with E-state index in [4.69, 9.17) is 0 Å². The molecule has 0 spiro atoms. The highest BCUT2D eigenvalue weighted by molar-refractivity contribution is 5.88. The van der Waals surface area contributed by atoms with Crippen LogP contribution in [0, 0.1) is 17.3 Å². The Hall–Kier alpha value is -0.660. The molecule has 1 aliphatic carbocycles. The van der Waals surface area contributed by atoms with Gasteiger partial charge in [0.05, 0.1) is 0 Å². The lowest BCUT2D eigenvalue weighted by molar-refractivity contribution is -0.138. The summed E-state index contributed by atoms with van der Waals surface area (Å²) in [5, 5.41) is 0. The van der Waals surface area contributed by atoms with Crippen LogP contribution in [0.2, 0.25) is 0 Å². The maximum Gasteiger partial charge on any atom is 0.141 e. The molecule has 0 bridgehead atoms. The Bertz CT molecular complexity index is 278. The van der Waals surface area contributed by atoms with Crippen LogP contribution in [-0.2, 0) is 9.59 Å². The fourth-order valence-corrected chi connectivity index (χ4v) is 2.99. The van der Waals surface area contributed by atoms with E-state index in [1.54, 1.807) is 6.92 Å². The highest BCUT2D eigenvalue weighted by Gasteiger charge is 2.42. The number of hydrogen-bond acceptors (Lipinski definition) is 2. The molecule has 0 aromatic heterocycles. The highest BCUT2D eigenvalue weighted by atomic mass is 16.1. The van der Waals surface area contributed by atoms with E-state index in [1.165, 1.54) is 0 Å². The van der Waals surface area contributed by atoms with Crippen molar-refractivity contribution >= 4 is 11.6 Å². The van der Waals surface area contributed by atoms with Crippen LogP contribution in [0.25, 0.3) is 0 Å². The first-order chi connectivity index (χ1) is 7.39. The Kier molecular flexibility index (Phi) is 4.28. The zero-order chi connectivity index (χ0) is 12.3. The maximum absolute atomic E-state index is 12.3. The lowest BCUT2D eigenvalue weighted by Crippen LogP contribution is -2.42. The van der Waals surface area contributed by atoms with Crippen LogP contribution in [0.15, 0.2) is 0 Å². The largest absolute Gasteiger partial charge is 0.300 e. The molecule has 1 saturated carbocycles. The van der Waals surface area contributed by atoms with Crippen LogP contribution in [0.1, 0.15) is 59.8 Å². The van der Waals surface area contributed by atoms with Crippen molar-refractivity contribution < 1.29 is 9.59 Å². The van der Waals surface area contributed by atoms with E-state index in [-0.39, 0.29) is 17.1 Å². The maximum atomic E-state index is 12.3. The second-order valence-corrected chi connectivity index (χ2v) is 5.71. The number of rotatable bonds is 4. The molecule has 92 valence electrons. The van der Waals surface area contributed by atoms with Gasteiger partial charge in [0, 0.05) is 17.8 Å². The quantitative estimate of drug-likeness (QED) is 0.733. The standard InChI is InChI=1S/C14H24O2/c1-5-12-9-8-11(7-6-10(2)15)13(16)14(12,3)4/h11-12H,5-9H2,1-4H3/t11?,12-/m0/s1. The minimum absolute atomic E-state index is 0.127. The summed E-state index contributed by atoms with van der Waals surface area (Å²) in [4.78, 5) is 23.3. The van der Waals surface area contributed by atoms with E-state index < -0.39 is 0 Å². The van der Waals surface area contributed by atoms with Gasteiger partial charge in [0.15, 0.2) is 0 Å². The zero-order valence-corrected chi connectivity index (χ0v) is 11.0. The fraction of sp³-hybridized carbons (Fsp3) is 0.857. The van der Waals surface area contributed by atoms with Gasteiger partial charge in [-0.05, 0) is 32.1 Å². The molecule has 1 aliphatic rings. The first-order valence-corrected chi connectivity index (χ1v) is 6.43. The van der Waals surface area contributed by atoms with Gasteiger partial charge in [0.1, 0.15) is 11.6 Å². The number of carbonyl (C=O) groups is 2. The number of carbonyl (C=O) groups excluding carboxylic acids is 2. The van der Waals surface area contributed by atoms with E-state index in [0.717, 1.165) is 25.7 Å². The van der Waals surface area contributed by atoms with Crippen molar-refractivity contribution in [2.24, 2.45) is 17.3 Å². The lowest BCUT2D eigenvalue weighted by atomic mass is 9.62. The van der Waals surface area contributed by atoms with Gasteiger partial charge in [0.2, 0.25) is 0 Å². The molecule has 16 heavy (non-hydrogen) atoms. The minimum Gasteiger partial charge on any atom is -0.300 e. The van der Waals surface area contributed by atoms with Crippen molar-refractivity contribution in [1.29, 1.82) is 0 Å². The fourth-order valence-electron chi connectivity index (χ4n) is 2.99. The van der Waals surface area contributed by atoms with Crippen molar-refractivity contribution in [1.82, 2.24) is 0 Å². The summed E-state index contributed by atoms with van der Waals surface area (Å²) in [6, 6.07) is 0. The first-order valence-electron chi connectivity index (χ1n) is 6.43. The Morgan fingerprint density at radius 1 is 1.38 bits per heavy atom. The summed E-state index contributed by atoms with van der Waals surface area (Å²) < 4.78 is 0. The Labute approximate surface area is 98.8 Å². The third-order valence-electron chi connectivity index (χ3n) is 4.23. The molecule has 0 saturated heterocycles. The van der Waals surface area contributed by atoms with Crippen LogP contribution >= 0.6 is 0 Å². The molecular weight excluding hydrogens is 200 g/mol. The Balaban J connectivity index is 2.65. The summed E-state index contributed by atoms with van der Waals surface area (Å²) in [6.45, 7) is 7.91. The van der Waals surface area contributed by atoms with Crippen LogP contribution in [0.5, 0.6) is 0 Å². The van der Waals surface area contributed by atoms with Gasteiger partial charge < -0.3 is 4.79 Å². The zero-order valence-electron chi connectivity index (χ0n) is 11.0. The predicted octanol–water partition coefficient (Wildman–Crippen LogP) is 3.39. The Morgan fingerprint density at radius 3 is 2.50 bits per heavy atom.